The van der Waals surface area contributed by atoms with Crippen LogP contribution in [0.5, 0.6) is 5.75 Å². The van der Waals surface area contributed by atoms with Crippen LogP contribution in [0, 0.1) is 5.92 Å². The Morgan fingerprint density at radius 1 is 1.19 bits per heavy atom. The lowest BCUT2D eigenvalue weighted by atomic mass is 10.2. The third-order valence-corrected chi connectivity index (χ3v) is 4.09. The van der Waals surface area contributed by atoms with E-state index < -0.39 is 0 Å². The molecule has 1 aliphatic carbocycles. The summed E-state index contributed by atoms with van der Waals surface area (Å²) in [5.74, 6) is 2.08. The normalized spacial score (nSPS) is 14.0. The van der Waals surface area contributed by atoms with Crippen molar-refractivity contribution in [1.82, 2.24) is 16.0 Å². The molecule has 26 heavy (non-hydrogen) atoms. The Morgan fingerprint density at radius 3 is 2.73 bits per heavy atom. The van der Waals surface area contributed by atoms with Gasteiger partial charge in [-0.2, -0.15) is 0 Å². The molecule has 0 aromatic heterocycles. The Bertz CT molecular complexity index is 585. The fraction of sp³-hybridized carbons (Fsp3) is 0.600. The largest absolute Gasteiger partial charge is 0.494 e. The number of aliphatic imine (C=N–C) groups is 1. The van der Waals surface area contributed by atoms with E-state index in [0.29, 0.717) is 19.6 Å². The van der Waals surface area contributed by atoms with Gasteiger partial charge in [0.2, 0.25) is 5.91 Å². The Labute approximate surface area is 156 Å². The number of hydrogen-bond donors (Lipinski definition) is 3. The van der Waals surface area contributed by atoms with Crippen LogP contribution in [0.1, 0.15) is 45.1 Å². The first-order valence-corrected chi connectivity index (χ1v) is 9.74. The molecule has 6 heteroatoms. The molecule has 0 atom stereocenters. The van der Waals surface area contributed by atoms with E-state index in [1.807, 2.05) is 25.1 Å². The van der Waals surface area contributed by atoms with E-state index in [2.05, 4.69) is 33.9 Å². The Morgan fingerprint density at radius 2 is 2.00 bits per heavy atom. The predicted octanol–water partition coefficient (Wildman–Crippen LogP) is 2.45. The Balaban J connectivity index is 1.77. The van der Waals surface area contributed by atoms with Crippen LogP contribution in [-0.2, 0) is 11.3 Å². The number of carbonyl (C=O) groups is 1. The number of nitrogens with one attached hydrogen (secondary N) is 3. The molecular weight excluding hydrogens is 328 g/mol. The summed E-state index contributed by atoms with van der Waals surface area (Å²) in [7, 11) is 0. The van der Waals surface area contributed by atoms with Crippen LogP contribution >= 0.6 is 0 Å². The molecule has 2 rings (SSSR count). The topological polar surface area (TPSA) is 74.8 Å². The first-order chi connectivity index (χ1) is 12.7. The van der Waals surface area contributed by atoms with E-state index in [1.54, 1.807) is 0 Å². The average Bonchev–Trinajstić information content (AvgIpc) is 3.49. The van der Waals surface area contributed by atoms with Gasteiger partial charge in [0.15, 0.2) is 5.96 Å². The van der Waals surface area contributed by atoms with Crippen molar-refractivity contribution in [3.8, 4) is 5.75 Å². The maximum Gasteiger partial charge on any atom is 0.223 e. The molecular formula is C20H32N4O2. The fourth-order valence-electron chi connectivity index (χ4n) is 2.44. The molecule has 1 aromatic carbocycles. The minimum atomic E-state index is 0.175. The van der Waals surface area contributed by atoms with Crippen LogP contribution in [0.15, 0.2) is 29.3 Å². The third-order valence-electron chi connectivity index (χ3n) is 4.09. The maximum atomic E-state index is 11.6. The Kier molecular flexibility index (Phi) is 8.79. The standard InChI is InChI=1S/C20H32N4O2/c1-3-5-13-26-18-8-6-7-16(14-18)15-24-20(21-4-2)23-12-11-22-19(25)17-9-10-17/h6-8,14,17H,3-5,9-13,15H2,1-2H3,(H,22,25)(H2,21,23,24). The summed E-state index contributed by atoms with van der Waals surface area (Å²) in [6.07, 6.45) is 4.26. The SMILES string of the molecule is CCCCOc1cccc(CN=C(NCC)NCCNC(=O)C2CC2)c1. The van der Waals surface area contributed by atoms with Crippen molar-refractivity contribution in [2.24, 2.45) is 10.9 Å². The van der Waals surface area contributed by atoms with Gasteiger partial charge in [-0.15, -0.1) is 0 Å². The molecule has 0 radical (unpaired) electrons. The van der Waals surface area contributed by atoms with Gasteiger partial charge in [0, 0.05) is 25.6 Å². The summed E-state index contributed by atoms with van der Waals surface area (Å²) >= 11 is 0. The molecule has 1 aliphatic rings. The lowest BCUT2D eigenvalue weighted by molar-refractivity contribution is -0.122. The molecule has 3 N–H and O–H groups in total. The molecule has 0 aliphatic heterocycles. The van der Waals surface area contributed by atoms with Crippen molar-refractivity contribution in [2.75, 3.05) is 26.2 Å². The minimum Gasteiger partial charge on any atom is -0.494 e. The number of amides is 1. The van der Waals surface area contributed by atoms with Gasteiger partial charge < -0.3 is 20.7 Å². The van der Waals surface area contributed by atoms with Crippen LogP contribution in [0.2, 0.25) is 0 Å². The van der Waals surface area contributed by atoms with E-state index in [1.165, 1.54) is 0 Å². The molecule has 0 saturated heterocycles. The number of carbonyl (C=O) groups excluding carboxylic acids is 1. The molecule has 0 bridgehead atoms. The van der Waals surface area contributed by atoms with E-state index in [9.17, 15) is 4.79 Å². The zero-order valence-corrected chi connectivity index (χ0v) is 16.0. The molecule has 6 nitrogen and oxygen atoms in total. The second-order valence-corrected chi connectivity index (χ2v) is 6.54. The van der Waals surface area contributed by atoms with Crippen molar-refractivity contribution in [2.45, 2.75) is 46.1 Å². The molecule has 1 aromatic rings. The van der Waals surface area contributed by atoms with Gasteiger partial charge in [0.1, 0.15) is 5.75 Å². The molecule has 1 saturated carbocycles. The van der Waals surface area contributed by atoms with Crippen molar-refractivity contribution in [1.29, 1.82) is 0 Å². The highest BCUT2D eigenvalue weighted by Gasteiger charge is 2.28. The van der Waals surface area contributed by atoms with Crippen LogP contribution in [0.3, 0.4) is 0 Å². The van der Waals surface area contributed by atoms with E-state index >= 15 is 0 Å². The van der Waals surface area contributed by atoms with Crippen molar-refractivity contribution >= 4 is 11.9 Å². The number of guanidine groups is 1. The van der Waals surface area contributed by atoms with Crippen LogP contribution in [0.4, 0.5) is 0 Å². The lowest BCUT2D eigenvalue weighted by Gasteiger charge is -2.12. The number of nitrogens with zero attached hydrogens (tertiary/aromatic N) is 1. The lowest BCUT2D eigenvalue weighted by Crippen LogP contribution is -2.41. The highest BCUT2D eigenvalue weighted by atomic mass is 16.5. The summed E-state index contributed by atoms with van der Waals surface area (Å²) in [5.41, 5.74) is 1.11. The summed E-state index contributed by atoms with van der Waals surface area (Å²) in [6.45, 7) is 7.58. The van der Waals surface area contributed by atoms with Gasteiger partial charge in [-0.25, -0.2) is 4.99 Å². The van der Waals surface area contributed by atoms with Gasteiger partial charge in [0.25, 0.3) is 0 Å². The van der Waals surface area contributed by atoms with Gasteiger partial charge in [-0.3, -0.25) is 4.79 Å². The van der Waals surface area contributed by atoms with E-state index in [-0.39, 0.29) is 11.8 Å². The second kappa shape index (κ2) is 11.4. The van der Waals surface area contributed by atoms with Gasteiger partial charge in [-0.1, -0.05) is 25.5 Å². The van der Waals surface area contributed by atoms with Gasteiger partial charge in [-0.05, 0) is 43.9 Å². The highest BCUT2D eigenvalue weighted by Crippen LogP contribution is 2.28. The minimum absolute atomic E-state index is 0.175. The molecule has 0 unspecified atom stereocenters. The second-order valence-electron chi connectivity index (χ2n) is 6.54. The first-order valence-electron chi connectivity index (χ1n) is 9.74. The summed E-state index contributed by atoms with van der Waals surface area (Å²) in [4.78, 5) is 16.2. The molecule has 0 heterocycles. The number of hydrogen-bond acceptors (Lipinski definition) is 3. The third kappa shape index (κ3) is 7.76. The monoisotopic (exact) mass is 360 g/mol. The molecule has 0 spiro atoms. The van der Waals surface area contributed by atoms with E-state index in [0.717, 1.165) is 56.1 Å². The zero-order valence-electron chi connectivity index (χ0n) is 16.0. The van der Waals surface area contributed by atoms with E-state index in [4.69, 9.17) is 4.74 Å². The maximum absolute atomic E-state index is 11.6. The van der Waals surface area contributed by atoms with Crippen LogP contribution < -0.4 is 20.7 Å². The average molecular weight is 361 g/mol. The van der Waals surface area contributed by atoms with Gasteiger partial charge >= 0.3 is 0 Å². The van der Waals surface area contributed by atoms with Gasteiger partial charge in [0.05, 0.1) is 13.2 Å². The number of ether oxygens (including phenoxy) is 1. The van der Waals surface area contributed by atoms with Crippen LogP contribution in [-0.4, -0.2) is 38.1 Å². The number of rotatable bonds is 11. The molecule has 144 valence electrons. The van der Waals surface area contributed by atoms with Crippen molar-refractivity contribution < 1.29 is 9.53 Å². The Hall–Kier alpha value is -2.24. The van der Waals surface area contributed by atoms with Crippen molar-refractivity contribution in [3.63, 3.8) is 0 Å². The smallest absolute Gasteiger partial charge is 0.223 e. The molecule has 1 amide bonds. The van der Waals surface area contributed by atoms with Crippen LogP contribution in [0.25, 0.3) is 0 Å². The number of benzene rings is 1. The predicted molar refractivity (Wildman–Crippen MR) is 105 cm³/mol. The first kappa shape index (κ1) is 20.1. The number of unbranched alkanes of at least 4 members (excludes halogenated alkanes) is 1. The van der Waals surface area contributed by atoms with Crippen molar-refractivity contribution in [3.05, 3.63) is 29.8 Å². The summed E-state index contributed by atoms with van der Waals surface area (Å²) < 4.78 is 5.75. The summed E-state index contributed by atoms with van der Waals surface area (Å²) in [6, 6.07) is 8.07. The molecule has 1 fully saturated rings. The fourth-order valence-corrected chi connectivity index (χ4v) is 2.44. The highest BCUT2D eigenvalue weighted by molar-refractivity contribution is 5.81. The zero-order chi connectivity index (χ0) is 18.6. The summed E-state index contributed by atoms with van der Waals surface area (Å²) in [5, 5.41) is 9.43. The quantitative estimate of drug-likeness (QED) is 0.322.